The summed E-state index contributed by atoms with van der Waals surface area (Å²) in [5.74, 6) is -1.05. The maximum atomic E-state index is 11.9. The second kappa shape index (κ2) is 3.73. The number of fused-ring (bicyclic) bond motifs is 1. The number of aliphatic hydroxyl groups excluding tert-OH is 1. The van der Waals surface area contributed by atoms with Crippen LogP contribution in [-0.2, 0) is 9.59 Å². The summed E-state index contributed by atoms with van der Waals surface area (Å²) in [7, 11) is 0. The van der Waals surface area contributed by atoms with Gasteiger partial charge in [-0.25, -0.2) is 0 Å². The number of imide groups is 1. The van der Waals surface area contributed by atoms with E-state index in [-0.39, 0.29) is 29.2 Å². The second-order valence-corrected chi connectivity index (χ2v) is 4.26. The van der Waals surface area contributed by atoms with Crippen molar-refractivity contribution in [3.63, 3.8) is 0 Å². The molecule has 1 fully saturated rings. The van der Waals surface area contributed by atoms with Crippen molar-refractivity contribution in [2.24, 2.45) is 5.92 Å². The monoisotopic (exact) mass is 222 g/mol. The summed E-state index contributed by atoms with van der Waals surface area (Å²) in [6, 6.07) is -0.238. The summed E-state index contributed by atoms with van der Waals surface area (Å²) in [5.41, 5.74) is -0.0565. The highest BCUT2D eigenvalue weighted by atomic mass is 16.3. The molecule has 5 heteroatoms. The molecule has 0 radical (unpaired) electrons. The summed E-state index contributed by atoms with van der Waals surface area (Å²) in [6.07, 6.45) is 2.69. The number of nitrogens with zero attached hydrogens (tertiary/aromatic N) is 1. The number of carbonyl (C=O) groups is 2. The first-order chi connectivity index (χ1) is 7.57. The fraction of sp³-hybridized carbons (Fsp3) is 0.545. The molecule has 2 unspecified atom stereocenters. The molecule has 0 aromatic rings. The molecule has 0 aliphatic carbocycles. The Morgan fingerprint density at radius 2 is 2.19 bits per heavy atom. The van der Waals surface area contributed by atoms with Crippen LogP contribution in [0.25, 0.3) is 0 Å². The number of aliphatic hydroxyl groups is 1. The second-order valence-electron chi connectivity index (χ2n) is 4.26. The lowest BCUT2D eigenvalue weighted by atomic mass is 9.84. The summed E-state index contributed by atoms with van der Waals surface area (Å²) in [6.45, 7) is 1.78. The molecule has 1 saturated heterocycles. The van der Waals surface area contributed by atoms with Crippen LogP contribution in [0.3, 0.4) is 0 Å². The van der Waals surface area contributed by atoms with E-state index in [1.54, 1.807) is 6.92 Å². The van der Waals surface area contributed by atoms with Crippen molar-refractivity contribution in [2.75, 3.05) is 0 Å². The standard InChI is InChI=1S/C11H14N2O3/c1-6-8-3-2-4-9(14)13(8)11(16)7(5-12)10(6)15/h5-6,8,12,15H,2-4H2,1H3. The molecule has 0 aromatic heterocycles. The van der Waals surface area contributed by atoms with Crippen LogP contribution < -0.4 is 0 Å². The predicted octanol–water partition coefficient (Wildman–Crippen LogP) is 1.01. The van der Waals surface area contributed by atoms with Gasteiger partial charge in [-0.05, 0) is 12.8 Å². The third-order valence-corrected chi connectivity index (χ3v) is 3.37. The van der Waals surface area contributed by atoms with Crippen LogP contribution in [0.15, 0.2) is 11.3 Å². The first-order valence-electron chi connectivity index (χ1n) is 5.38. The minimum Gasteiger partial charge on any atom is -0.511 e. The molecule has 2 atom stereocenters. The lowest BCUT2D eigenvalue weighted by Gasteiger charge is -2.41. The average molecular weight is 222 g/mol. The van der Waals surface area contributed by atoms with Gasteiger partial charge in [-0.1, -0.05) is 6.92 Å². The highest BCUT2D eigenvalue weighted by Gasteiger charge is 2.43. The molecule has 0 spiro atoms. The Morgan fingerprint density at radius 3 is 2.81 bits per heavy atom. The lowest BCUT2D eigenvalue weighted by molar-refractivity contribution is -0.150. The Morgan fingerprint density at radius 1 is 1.50 bits per heavy atom. The van der Waals surface area contributed by atoms with Crippen LogP contribution in [0, 0.1) is 11.3 Å². The molecule has 2 aliphatic heterocycles. The van der Waals surface area contributed by atoms with E-state index in [4.69, 9.17) is 5.41 Å². The van der Waals surface area contributed by atoms with Crippen LogP contribution >= 0.6 is 0 Å². The van der Waals surface area contributed by atoms with Gasteiger partial charge in [0.1, 0.15) is 5.76 Å². The first kappa shape index (κ1) is 10.9. The number of hydrogen-bond donors (Lipinski definition) is 2. The first-order valence-corrected chi connectivity index (χ1v) is 5.38. The van der Waals surface area contributed by atoms with Crippen LogP contribution in [0.4, 0.5) is 0 Å². The van der Waals surface area contributed by atoms with Crippen molar-refractivity contribution in [3.8, 4) is 0 Å². The molecule has 0 bridgehead atoms. The summed E-state index contributed by atoms with van der Waals surface area (Å²) in [5, 5.41) is 16.9. The van der Waals surface area contributed by atoms with Gasteiger partial charge in [-0.2, -0.15) is 0 Å². The van der Waals surface area contributed by atoms with E-state index < -0.39 is 5.91 Å². The lowest BCUT2D eigenvalue weighted by Crippen LogP contribution is -2.54. The molecular formula is C11H14N2O3. The van der Waals surface area contributed by atoms with E-state index in [1.165, 1.54) is 4.90 Å². The molecule has 16 heavy (non-hydrogen) atoms. The third kappa shape index (κ3) is 1.35. The van der Waals surface area contributed by atoms with Gasteiger partial charge in [0.15, 0.2) is 0 Å². The van der Waals surface area contributed by atoms with Gasteiger partial charge in [-0.15, -0.1) is 0 Å². The normalized spacial score (nSPS) is 30.4. The molecule has 2 amide bonds. The van der Waals surface area contributed by atoms with E-state index >= 15 is 0 Å². The summed E-state index contributed by atoms with van der Waals surface area (Å²) >= 11 is 0. The minimum atomic E-state index is -0.527. The Balaban J connectivity index is 2.47. The molecule has 2 N–H and O–H groups in total. The molecule has 86 valence electrons. The van der Waals surface area contributed by atoms with Gasteiger partial charge in [0, 0.05) is 24.6 Å². The largest absolute Gasteiger partial charge is 0.511 e. The van der Waals surface area contributed by atoms with Crippen LogP contribution in [-0.4, -0.2) is 34.1 Å². The zero-order chi connectivity index (χ0) is 11.9. The van der Waals surface area contributed by atoms with Crippen molar-refractivity contribution in [1.29, 1.82) is 5.41 Å². The van der Waals surface area contributed by atoms with Crippen LogP contribution in [0.5, 0.6) is 0 Å². The Hall–Kier alpha value is -1.65. The molecule has 0 saturated carbocycles. The van der Waals surface area contributed by atoms with Crippen molar-refractivity contribution < 1.29 is 14.7 Å². The van der Waals surface area contributed by atoms with Gasteiger partial charge in [0.05, 0.1) is 5.57 Å². The average Bonchev–Trinajstić information content (AvgIpc) is 2.26. The SMILES string of the molecule is CC1C(O)=C(C=N)C(=O)N2C(=O)CCCC12. The van der Waals surface area contributed by atoms with Crippen molar-refractivity contribution in [3.05, 3.63) is 11.3 Å². The van der Waals surface area contributed by atoms with E-state index in [0.29, 0.717) is 6.42 Å². The topological polar surface area (TPSA) is 81.5 Å². The van der Waals surface area contributed by atoms with E-state index in [9.17, 15) is 14.7 Å². The number of amides is 2. The quantitative estimate of drug-likeness (QED) is 0.513. The highest BCUT2D eigenvalue weighted by Crippen LogP contribution is 2.33. The summed E-state index contributed by atoms with van der Waals surface area (Å²) < 4.78 is 0. The molecular weight excluding hydrogens is 208 g/mol. The van der Waals surface area contributed by atoms with Crippen LogP contribution in [0.2, 0.25) is 0 Å². The van der Waals surface area contributed by atoms with E-state index in [1.807, 2.05) is 0 Å². The highest BCUT2D eigenvalue weighted by molar-refractivity contribution is 6.17. The summed E-state index contributed by atoms with van der Waals surface area (Å²) in [4.78, 5) is 24.8. The van der Waals surface area contributed by atoms with Gasteiger partial charge in [0.2, 0.25) is 5.91 Å². The smallest absolute Gasteiger partial charge is 0.265 e. The van der Waals surface area contributed by atoms with Crippen LogP contribution in [0.1, 0.15) is 26.2 Å². The molecule has 5 nitrogen and oxygen atoms in total. The van der Waals surface area contributed by atoms with Gasteiger partial charge < -0.3 is 10.5 Å². The van der Waals surface area contributed by atoms with E-state index in [2.05, 4.69) is 0 Å². The Kier molecular flexibility index (Phi) is 2.53. The fourth-order valence-electron chi connectivity index (χ4n) is 2.44. The number of piperidine rings is 1. The number of rotatable bonds is 1. The molecule has 0 aromatic carbocycles. The number of carbonyl (C=O) groups excluding carboxylic acids is 2. The zero-order valence-corrected chi connectivity index (χ0v) is 9.06. The van der Waals surface area contributed by atoms with Crippen molar-refractivity contribution in [2.45, 2.75) is 32.2 Å². The molecule has 2 aliphatic rings. The molecule has 2 rings (SSSR count). The van der Waals surface area contributed by atoms with Gasteiger partial charge >= 0.3 is 0 Å². The molecule has 2 heterocycles. The van der Waals surface area contributed by atoms with Crippen molar-refractivity contribution in [1.82, 2.24) is 4.90 Å². The third-order valence-electron chi connectivity index (χ3n) is 3.37. The van der Waals surface area contributed by atoms with Crippen molar-refractivity contribution >= 4 is 18.0 Å². The van der Waals surface area contributed by atoms with Gasteiger partial charge in [-0.3, -0.25) is 14.5 Å². The number of nitrogens with one attached hydrogen (secondary N) is 1. The fourth-order valence-corrected chi connectivity index (χ4v) is 2.44. The number of hydrogen-bond acceptors (Lipinski definition) is 4. The Bertz CT molecular complexity index is 400. The predicted molar refractivity (Wildman–Crippen MR) is 57.1 cm³/mol. The maximum Gasteiger partial charge on any atom is 0.265 e. The maximum absolute atomic E-state index is 11.9. The van der Waals surface area contributed by atoms with Gasteiger partial charge in [0.25, 0.3) is 5.91 Å². The minimum absolute atomic E-state index is 0.0565. The Labute approximate surface area is 93.2 Å². The zero-order valence-electron chi connectivity index (χ0n) is 9.06. The van der Waals surface area contributed by atoms with E-state index in [0.717, 1.165) is 19.1 Å².